The van der Waals surface area contributed by atoms with Crippen LogP contribution in [0.3, 0.4) is 0 Å². The number of aryl methyl sites for hydroxylation is 1. The standard InChI is InChI=1S/C14H17N5O2/c1-2-6-19-13(15-16-17-19)9-18-7-5-10-3-4-11(14(20)21)8-12(10)18/h3-4,8H,2,5-7,9H2,1H3,(H,20,21). The molecule has 1 aromatic heterocycles. The average Bonchev–Trinajstić information content (AvgIpc) is 3.07. The largest absolute Gasteiger partial charge is 0.478 e. The lowest BCUT2D eigenvalue weighted by Gasteiger charge is -2.19. The molecule has 1 aliphatic heterocycles. The molecular weight excluding hydrogens is 270 g/mol. The SMILES string of the molecule is CCCn1nnnc1CN1CCc2ccc(C(=O)O)cc21. The Kier molecular flexibility index (Phi) is 3.55. The summed E-state index contributed by atoms with van der Waals surface area (Å²) in [5.74, 6) is -0.0918. The first kappa shape index (κ1) is 13.5. The van der Waals surface area contributed by atoms with E-state index in [9.17, 15) is 4.79 Å². The number of aromatic nitrogens is 4. The van der Waals surface area contributed by atoms with Crippen LogP contribution in [-0.4, -0.2) is 37.8 Å². The zero-order chi connectivity index (χ0) is 14.8. The van der Waals surface area contributed by atoms with E-state index in [0.29, 0.717) is 12.1 Å². The second kappa shape index (κ2) is 5.51. The summed E-state index contributed by atoms with van der Waals surface area (Å²) in [7, 11) is 0. The minimum atomic E-state index is -0.902. The number of carboxylic acids is 1. The van der Waals surface area contributed by atoms with Crippen molar-refractivity contribution in [3.8, 4) is 0 Å². The minimum Gasteiger partial charge on any atom is -0.478 e. The third-order valence-electron chi connectivity index (χ3n) is 3.70. The molecule has 0 atom stereocenters. The highest BCUT2D eigenvalue weighted by Crippen LogP contribution is 2.30. The van der Waals surface area contributed by atoms with Crippen LogP contribution < -0.4 is 4.90 Å². The first-order valence-corrected chi connectivity index (χ1v) is 7.05. The van der Waals surface area contributed by atoms with Crippen LogP contribution >= 0.6 is 0 Å². The van der Waals surface area contributed by atoms with Gasteiger partial charge in [0, 0.05) is 18.8 Å². The first-order chi connectivity index (χ1) is 10.2. The maximum Gasteiger partial charge on any atom is 0.335 e. The molecule has 7 heteroatoms. The third kappa shape index (κ3) is 2.58. The summed E-state index contributed by atoms with van der Waals surface area (Å²) >= 11 is 0. The van der Waals surface area contributed by atoms with E-state index in [-0.39, 0.29) is 0 Å². The first-order valence-electron chi connectivity index (χ1n) is 7.05. The topological polar surface area (TPSA) is 84.1 Å². The molecule has 0 aliphatic carbocycles. The molecule has 0 unspecified atom stereocenters. The van der Waals surface area contributed by atoms with E-state index < -0.39 is 5.97 Å². The van der Waals surface area contributed by atoms with Gasteiger partial charge in [0.05, 0.1) is 12.1 Å². The smallest absolute Gasteiger partial charge is 0.335 e. The van der Waals surface area contributed by atoms with E-state index >= 15 is 0 Å². The van der Waals surface area contributed by atoms with E-state index in [0.717, 1.165) is 37.4 Å². The molecule has 2 aromatic rings. The molecule has 110 valence electrons. The van der Waals surface area contributed by atoms with Crippen LogP contribution in [0.5, 0.6) is 0 Å². The Morgan fingerprint density at radius 2 is 2.29 bits per heavy atom. The van der Waals surface area contributed by atoms with Crippen LogP contribution in [0.1, 0.15) is 35.1 Å². The summed E-state index contributed by atoms with van der Waals surface area (Å²) in [4.78, 5) is 13.2. The van der Waals surface area contributed by atoms with Crippen molar-refractivity contribution in [1.29, 1.82) is 0 Å². The number of carbonyl (C=O) groups is 1. The van der Waals surface area contributed by atoms with Gasteiger partial charge in [0.15, 0.2) is 5.82 Å². The Morgan fingerprint density at radius 3 is 3.05 bits per heavy atom. The molecule has 0 saturated heterocycles. The van der Waals surface area contributed by atoms with Crippen LogP contribution in [0.25, 0.3) is 0 Å². The summed E-state index contributed by atoms with van der Waals surface area (Å²) in [6.45, 7) is 4.33. The second-order valence-corrected chi connectivity index (χ2v) is 5.14. The fraction of sp³-hybridized carbons (Fsp3) is 0.429. The number of aromatic carboxylic acids is 1. The third-order valence-corrected chi connectivity index (χ3v) is 3.70. The number of nitrogens with zero attached hydrogens (tertiary/aromatic N) is 5. The molecule has 3 rings (SSSR count). The molecule has 0 amide bonds. The van der Waals surface area contributed by atoms with Crippen molar-refractivity contribution in [2.45, 2.75) is 32.9 Å². The number of hydrogen-bond donors (Lipinski definition) is 1. The number of anilines is 1. The lowest BCUT2D eigenvalue weighted by molar-refractivity contribution is 0.0697. The fourth-order valence-corrected chi connectivity index (χ4v) is 2.64. The van der Waals surface area contributed by atoms with Gasteiger partial charge in [-0.1, -0.05) is 13.0 Å². The maximum absolute atomic E-state index is 11.1. The zero-order valence-corrected chi connectivity index (χ0v) is 11.9. The molecule has 0 radical (unpaired) electrons. The average molecular weight is 287 g/mol. The van der Waals surface area contributed by atoms with E-state index in [4.69, 9.17) is 5.11 Å². The van der Waals surface area contributed by atoms with Crippen LogP contribution in [-0.2, 0) is 19.5 Å². The zero-order valence-electron chi connectivity index (χ0n) is 11.9. The van der Waals surface area contributed by atoms with Gasteiger partial charge in [-0.15, -0.1) is 5.10 Å². The quantitative estimate of drug-likeness (QED) is 0.893. The number of hydrogen-bond acceptors (Lipinski definition) is 5. The predicted molar refractivity (Wildman–Crippen MR) is 76.3 cm³/mol. The lowest BCUT2D eigenvalue weighted by Crippen LogP contribution is -2.23. The second-order valence-electron chi connectivity index (χ2n) is 5.14. The monoisotopic (exact) mass is 287 g/mol. The molecule has 0 saturated carbocycles. The van der Waals surface area contributed by atoms with Gasteiger partial charge in [0.2, 0.25) is 0 Å². The van der Waals surface area contributed by atoms with Gasteiger partial charge in [-0.05, 0) is 41.0 Å². The van der Waals surface area contributed by atoms with Crippen molar-refractivity contribution < 1.29 is 9.90 Å². The fourth-order valence-electron chi connectivity index (χ4n) is 2.64. The van der Waals surface area contributed by atoms with Crippen molar-refractivity contribution in [2.75, 3.05) is 11.4 Å². The van der Waals surface area contributed by atoms with Crippen molar-refractivity contribution in [3.05, 3.63) is 35.2 Å². The summed E-state index contributed by atoms with van der Waals surface area (Å²) < 4.78 is 1.80. The van der Waals surface area contributed by atoms with Crippen LogP contribution in [0, 0.1) is 0 Å². The Morgan fingerprint density at radius 1 is 1.43 bits per heavy atom. The molecule has 1 aliphatic rings. The summed E-state index contributed by atoms with van der Waals surface area (Å²) in [6.07, 6.45) is 1.89. The molecule has 1 N–H and O–H groups in total. The van der Waals surface area contributed by atoms with Crippen molar-refractivity contribution in [3.63, 3.8) is 0 Å². The maximum atomic E-state index is 11.1. The van der Waals surface area contributed by atoms with Crippen molar-refractivity contribution >= 4 is 11.7 Å². The van der Waals surface area contributed by atoms with E-state index in [2.05, 4.69) is 27.3 Å². The van der Waals surface area contributed by atoms with Gasteiger partial charge in [-0.3, -0.25) is 0 Å². The van der Waals surface area contributed by atoms with Gasteiger partial charge >= 0.3 is 5.97 Å². The molecule has 2 heterocycles. The normalized spacial score (nSPS) is 13.5. The van der Waals surface area contributed by atoms with E-state index in [1.54, 1.807) is 16.8 Å². The number of fused-ring (bicyclic) bond motifs is 1. The molecule has 0 spiro atoms. The van der Waals surface area contributed by atoms with Crippen molar-refractivity contribution in [1.82, 2.24) is 20.2 Å². The summed E-state index contributed by atoms with van der Waals surface area (Å²) in [5, 5.41) is 20.9. The Labute approximate surface area is 122 Å². The van der Waals surface area contributed by atoms with Gasteiger partial charge in [-0.2, -0.15) is 0 Å². The highest BCUT2D eigenvalue weighted by Gasteiger charge is 2.22. The van der Waals surface area contributed by atoms with Crippen LogP contribution in [0.4, 0.5) is 5.69 Å². The highest BCUT2D eigenvalue weighted by atomic mass is 16.4. The Bertz CT molecular complexity index is 667. The number of carboxylic acid groups (broad SMARTS) is 1. The summed E-state index contributed by atoms with van der Waals surface area (Å²) in [6, 6.07) is 5.29. The number of tetrazole rings is 1. The molecule has 7 nitrogen and oxygen atoms in total. The molecular formula is C14H17N5O2. The van der Waals surface area contributed by atoms with Crippen LogP contribution in [0.2, 0.25) is 0 Å². The van der Waals surface area contributed by atoms with Gasteiger partial charge < -0.3 is 10.0 Å². The van der Waals surface area contributed by atoms with E-state index in [1.165, 1.54) is 5.56 Å². The number of rotatable bonds is 5. The predicted octanol–water partition coefficient (Wildman–Crippen LogP) is 1.34. The van der Waals surface area contributed by atoms with Gasteiger partial charge in [0.1, 0.15) is 0 Å². The Hall–Kier alpha value is -2.44. The summed E-state index contributed by atoms with van der Waals surface area (Å²) in [5.41, 5.74) is 2.46. The molecule has 0 bridgehead atoms. The highest BCUT2D eigenvalue weighted by molar-refractivity contribution is 5.89. The lowest BCUT2D eigenvalue weighted by atomic mass is 10.1. The molecule has 1 aromatic carbocycles. The van der Waals surface area contributed by atoms with Crippen molar-refractivity contribution in [2.24, 2.45) is 0 Å². The van der Waals surface area contributed by atoms with Gasteiger partial charge in [-0.25, -0.2) is 9.48 Å². The number of benzene rings is 1. The van der Waals surface area contributed by atoms with E-state index in [1.807, 2.05) is 6.07 Å². The minimum absolute atomic E-state index is 0.314. The molecule has 21 heavy (non-hydrogen) atoms. The Balaban J connectivity index is 1.85. The molecule has 0 fully saturated rings. The van der Waals surface area contributed by atoms with Crippen LogP contribution in [0.15, 0.2) is 18.2 Å². The van der Waals surface area contributed by atoms with Gasteiger partial charge in [0.25, 0.3) is 0 Å².